The second-order valence-electron chi connectivity index (χ2n) is 18.1. The van der Waals surface area contributed by atoms with E-state index in [0.717, 1.165) is 94.4 Å². The number of aromatic nitrogens is 6. The fourth-order valence-corrected chi connectivity index (χ4v) is 10.2. The van der Waals surface area contributed by atoms with Crippen molar-refractivity contribution in [1.29, 1.82) is 0 Å². The van der Waals surface area contributed by atoms with E-state index in [1.165, 1.54) is 0 Å². The minimum atomic E-state index is -0.882. The molecule has 9 nitrogen and oxygen atoms in total. The first-order valence-electron chi connectivity index (χ1n) is 22.4. The lowest BCUT2D eigenvalue weighted by atomic mass is 9.77. The fraction of sp³-hybridized carbons (Fsp3) is 0.278. The Labute approximate surface area is 369 Å². The molecule has 0 saturated carbocycles. The summed E-state index contributed by atoms with van der Waals surface area (Å²) in [7, 11) is 0. The van der Waals surface area contributed by atoms with Crippen LogP contribution < -0.4 is 5.56 Å². The molecule has 0 unspecified atom stereocenters. The summed E-state index contributed by atoms with van der Waals surface area (Å²) < 4.78 is 3.86. The summed E-state index contributed by atoms with van der Waals surface area (Å²) in [5, 5.41) is 16.8. The van der Waals surface area contributed by atoms with Crippen molar-refractivity contribution in [1.82, 2.24) is 34.8 Å². The number of fused-ring (bicyclic) bond motifs is 2. The molecule has 63 heavy (non-hydrogen) atoms. The molecule has 2 atom stereocenters. The van der Waals surface area contributed by atoms with Gasteiger partial charge in [-0.25, -0.2) is 9.67 Å². The molecule has 9 heteroatoms. The average molecular weight is 832 g/mol. The molecule has 0 radical (unpaired) electrons. The Hall–Kier alpha value is -6.55. The molecule has 2 aromatic heterocycles. The van der Waals surface area contributed by atoms with E-state index in [9.17, 15) is 4.79 Å². The molecule has 4 heterocycles. The second-order valence-corrected chi connectivity index (χ2v) is 18.1. The molecule has 2 aliphatic heterocycles. The highest BCUT2D eigenvalue weighted by Gasteiger charge is 2.52. The highest BCUT2D eigenvalue weighted by atomic mass is 16.7. The third kappa shape index (κ3) is 7.09. The van der Waals surface area contributed by atoms with E-state index in [2.05, 4.69) is 159 Å². The Morgan fingerprint density at radius 1 is 0.746 bits per heavy atom. The first-order valence-corrected chi connectivity index (χ1v) is 22.4. The highest BCUT2D eigenvalue weighted by molar-refractivity contribution is 5.81. The van der Waals surface area contributed by atoms with E-state index < -0.39 is 11.1 Å². The number of hydrogen-bond donors (Lipinski definition) is 0. The van der Waals surface area contributed by atoms with Crippen LogP contribution in [0.2, 0.25) is 0 Å². The molecule has 0 N–H and O–H groups in total. The van der Waals surface area contributed by atoms with Crippen molar-refractivity contribution < 1.29 is 4.84 Å². The monoisotopic (exact) mass is 831 g/mol. The molecule has 8 aromatic rings. The van der Waals surface area contributed by atoms with Gasteiger partial charge < -0.3 is 0 Å². The number of rotatable bonds is 12. The Kier molecular flexibility index (Phi) is 10.5. The van der Waals surface area contributed by atoms with Crippen molar-refractivity contribution in [3.8, 4) is 22.5 Å². The summed E-state index contributed by atoms with van der Waals surface area (Å²) in [5.74, 6) is 1.45. The molecule has 2 saturated heterocycles. The zero-order valence-corrected chi connectivity index (χ0v) is 36.5. The van der Waals surface area contributed by atoms with Crippen molar-refractivity contribution in [3.05, 3.63) is 202 Å². The number of benzene rings is 6. The largest absolute Gasteiger partial charge is 0.292 e. The molecule has 0 aliphatic carbocycles. The molecular weight excluding hydrogens is 779 g/mol. The summed E-state index contributed by atoms with van der Waals surface area (Å²) in [5.41, 5.74) is 7.39. The summed E-state index contributed by atoms with van der Waals surface area (Å²) in [6, 6.07) is 54.7. The zero-order valence-electron chi connectivity index (χ0n) is 36.5. The van der Waals surface area contributed by atoms with Gasteiger partial charge in [0, 0.05) is 30.0 Å². The molecule has 6 aromatic carbocycles. The first kappa shape index (κ1) is 40.5. The van der Waals surface area contributed by atoms with Crippen LogP contribution in [0, 0.1) is 0 Å². The third-order valence-electron chi connectivity index (χ3n) is 13.5. The average Bonchev–Trinajstić information content (AvgIpc) is 4.03. The smallest absolute Gasteiger partial charge is 0.261 e. The van der Waals surface area contributed by atoms with Crippen molar-refractivity contribution in [2.45, 2.75) is 95.5 Å². The van der Waals surface area contributed by atoms with Crippen LogP contribution in [-0.2, 0) is 28.9 Å². The van der Waals surface area contributed by atoms with Crippen LogP contribution >= 0.6 is 0 Å². The number of hydrogen-bond acceptors (Lipinski definition) is 7. The molecule has 0 bridgehead atoms. The molecule has 2 aliphatic rings. The second kappa shape index (κ2) is 16.3. The maximum atomic E-state index is 14.6. The number of tetrazole rings is 1. The van der Waals surface area contributed by atoms with Crippen LogP contribution in [0.25, 0.3) is 33.4 Å². The molecule has 0 spiro atoms. The van der Waals surface area contributed by atoms with Gasteiger partial charge in [0.05, 0.1) is 17.4 Å². The van der Waals surface area contributed by atoms with Crippen LogP contribution in [0.4, 0.5) is 0 Å². The van der Waals surface area contributed by atoms with Crippen LogP contribution in [0.1, 0.15) is 93.4 Å². The minimum Gasteiger partial charge on any atom is -0.292 e. The van der Waals surface area contributed by atoms with Gasteiger partial charge in [-0.05, 0) is 102 Å². The lowest BCUT2D eigenvalue weighted by Gasteiger charge is -2.36. The predicted molar refractivity (Wildman–Crippen MR) is 249 cm³/mol. The van der Waals surface area contributed by atoms with Gasteiger partial charge in [0.15, 0.2) is 5.82 Å². The summed E-state index contributed by atoms with van der Waals surface area (Å²) in [6.45, 7) is 9.26. The van der Waals surface area contributed by atoms with Gasteiger partial charge in [-0.3, -0.25) is 14.2 Å². The zero-order chi connectivity index (χ0) is 43.2. The number of hydroxylamine groups is 2. The Morgan fingerprint density at radius 2 is 1.37 bits per heavy atom. The van der Waals surface area contributed by atoms with E-state index in [-0.39, 0.29) is 11.1 Å². The molecule has 2 fully saturated rings. The van der Waals surface area contributed by atoms with E-state index in [0.29, 0.717) is 23.8 Å². The fourth-order valence-electron chi connectivity index (χ4n) is 10.2. The number of unbranched alkanes of at least 4 members (excludes halogenated alkanes) is 1. The predicted octanol–water partition coefficient (Wildman–Crippen LogP) is 10.7. The summed E-state index contributed by atoms with van der Waals surface area (Å²) in [4.78, 5) is 26.5. The van der Waals surface area contributed by atoms with E-state index >= 15 is 0 Å². The van der Waals surface area contributed by atoms with E-state index in [4.69, 9.17) is 20.1 Å². The van der Waals surface area contributed by atoms with Gasteiger partial charge in [0.2, 0.25) is 0 Å². The topological polar surface area (TPSA) is 91.0 Å². The van der Waals surface area contributed by atoms with Gasteiger partial charge in [0.25, 0.3) is 5.56 Å². The molecular formula is C54H53N7O2. The standard InChI is InChI=1S/C54H53N7O2/c1-5-6-26-49-55-48-32-31-43(53(4)36-44-33-34-52(2,3)61(44)63-53)35-47(48)51(62)59(49)37-38-27-29-39(30-28-38)45-24-16-17-25-46(45)50-56-57-58-60(50)54(40-18-10-7-11-19-40,41-20-12-8-13-21-41)42-22-14-9-15-23-42/h7-25,27-32,35,44H,5-6,26,33-34,36-37H2,1-4H3/t44-,53+/m1/s1. The lowest BCUT2D eigenvalue weighted by Crippen LogP contribution is -2.39. The Bertz CT molecular complexity index is 2850. The minimum absolute atomic E-state index is 0.00496. The van der Waals surface area contributed by atoms with Crippen molar-refractivity contribution in [2.24, 2.45) is 0 Å². The molecule has 10 rings (SSSR count). The number of aryl methyl sites for hydroxylation is 1. The van der Waals surface area contributed by atoms with Gasteiger partial charge in [-0.15, -0.1) is 5.10 Å². The maximum absolute atomic E-state index is 14.6. The maximum Gasteiger partial charge on any atom is 0.261 e. The van der Waals surface area contributed by atoms with Crippen molar-refractivity contribution in [2.75, 3.05) is 0 Å². The SMILES string of the molecule is CCCCc1nc2ccc([C@]3(C)C[C@H]4CCC(C)(C)N4O3)cc2c(=O)n1Cc1ccc(-c2ccccc2-c2nnnn2C(c2ccccc2)(c2ccccc2)c2ccccc2)cc1. The van der Waals surface area contributed by atoms with Crippen LogP contribution in [-0.4, -0.2) is 46.4 Å². The van der Waals surface area contributed by atoms with Gasteiger partial charge in [0.1, 0.15) is 17.0 Å². The van der Waals surface area contributed by atoms with E-state index in [1.807, 2.05) is 45.6 Å². The quantitative estimate of drug-likeness (QED) is 0.113. The van der Waals surface area contributed by atoms with Gasteiger partial charge in [-0.1, -0.05) is 159 Å². The summed E-state index contributed by atoms with van der Waals surface area (Å²) >= 11 is 0. The van der Waals surface area contributed by atoms with Crippen LogP contribution in [0.15, 0.2) is 163 Å². The summed E-state index contributed by atoms with van der Waals surface area (Å²) in [6.07, 6.45) is 5.82. The van der Waals surface area contributed by atoms with Crippen molar-refractivity contribution in [3.63, 3.8) is 0 Å². The van der Waals surface area contributed by atoms with Gasteiger partial charge >= 0.3 is 0 Å². The third-order valence-corrected chi connectivity index (χ3v) is 13.5. The van der Waals surface area contributed by atoms with Gasteiger partial charge in [-0.2, -0.15) is 5.06 Å². The van der Waals surface area contributed by atoms with E-state index in [1.54, 1.807) is 0 Å². The molecule has 0 amide bonds. The highest BCUT2D eigenvalue weighted by Crippen LogP contribution is 2.49. The van der Waals surface area contributed by atoms with Crippen molar-refractivity contribution >= 4 is 10.9 Å². The Morgan fingerprint density at radius 3 is 1.98 bits per heavy atom. The van der Waals surface area contributed by atoms with Crippen LogP contribution in [0.5, 0.6) is 0 Å². The molecule has 316 valence electrons. The number of nitrogens with zero attached hydrogens (tertiary/aromatic N) is 7. The van der Waals surface area contributed by atoms with Crippen LogP contribution in [0.3, 0.4) is 0 Å². The Balaban J connectivity index is 1.02. The lowest BCUT2D eigenvalue weighted by molar-refractivity contribution is -0.234. The first-order chi connectivity index (χ1) is 30.7. The normalized spacial score (nSPS) is 18.5.